The fourth-order valence-corrected chi connectivity index (χ4v) is 2.35. The number of rotatable bonds is 5. The Morgan fingerprint density at radius 1 is 1.28 bits per heavy atom. The number of pyridine rings is 1. The SMILES string of the molecule is CC(O)CCCN1CCN(c2ccccn2)CC1. The topological polar surface area (TPSA) is 39.6 Å². The average molecular weight is 249 g/mol. The Hall–Kier alpha value is -1.13. The number of anilines is 1. The summed E-state index contributed by atoms with van der Waals surface area (Å²) in [7, 11) is 0. The van der Waals surface area contributed by atoms with Crippen molar-refractivity contribution in [2.24, 2.45) is 0 Å². The van der Waals surface area contributed by atoms with Gasteiger partial charge in [-0.1, -0.05) is 6.07 Å². The van der Waals surface area contributed by atoms with Gasteiger partial charge in [0, 0.05) is 32.4 Å². The zero-order chi connectivity index (χ0) is 12.8. The molecule has 1 fully saturated rings. The quantitative estimate of drug-likeness (QED) is 0.855. The minimum absolute atomic E-state index is 0.167. The molecule has 1 aromatic heterocycles. The maximum Gasteiger partial charge on any atom is 0.128 e. The summed E-state index contributed by atoms with van der Waals surface area (Å²) in [4.78, 5) is 9.20. The maximum atomic E-state index is 9.24. The Labute approximate surface area is 109 Å². The van der Waals surface area contributed by atoms with E-state index in [0.29, 0.717) is 0 Å². The molecule has 0 amide bonds. The third-order valence-electron chi connectivity index (χ3n) is 3.44. The smallest absolute Gasteiger partial charge is 0.128 e. The van der Waals surface area contributed by atoms with Crippen molar-refractivity contribution < 1.29 is 5.11 Å². The standard InChI is InChI=1S/C14H23N3O/c1-13(18)5-4-8-16-9-11-17(12-10-16)14-6-2-3-7-15-14/h2-3,6-7,13,18H,4-5,8-12H2,1H3. The van der Waals surface area contributed by atoms with Gasteiger partial charge < -0.3 is 10.0 Å². The first-order valence-electron chi connectivity index (χ1n) is 6.82. The van der Waals surface area contributed by atoms with E-state index in [-0.39, 0.29) is 6.10 Å². The molecule has 1 aromatic rings. The molecule has 4 heteroatoms. The van der Waals surface area contributed by atoms with Gasteiger partial charge in [-0.05, 0) is 38.4 Å². The van der Waals surface area contributed by atoms with Gasteiger partial charge in [-0.15, -0.1) is 0 Å². The van der Waals surface area contributed by atoms with E-state index in [1.807, 2.05) is 25.3 Å². The minimum atomic E-state index is -0.167. The van der Waals surface area contributed by atoms with Crippen molar-refractivity contribution in [2.75, 3.05) is 37.6 Å². The molecule has 0 spiro atoms. The summed E-state index contributed by atoms with van der Waals surface area (Å²) >= 11 is 0. The summed E-state index contributed by atoms with van der Waals surface area (Å²) < 4.78 is 0. The Balaban J connectivity index is 1.71. The van der Waals surface area contributed by atoms with Crippen LogP contribution in [0.5, 0.6) is 0 Å². The molecule has 100 valence electrons. The van der Waals surface area contributed by atoms with Crippen LogP contribution in [0.3, 0.4) is 0 Å². The number of piperazine rings is 1. The molecule has 0 bridgehead atoms. The molecule has 1 unspecified atom stereocenters. The van der Waals surface area contributed by atoms with Crippen molar-refractivity contribution in [3.8, 4) is 0 Å². The Morgan fingerprint density at radius 3 is 2.67 bits per heavy atom. The van der Waals surface area contributed by atoms with E-state index in [0.717, 1.165) is 51.4 Å². The number of nitrogens with zero attached hydrogens (tertiary/aromatic N) is 3. The van der Waals surface area contributed by atoms with E-state index in [9.17, 15) is 5.11 Å². The number of aliphatic hydroxyl groups is 1. The van der Waals surface area contributed by atoms with E-state index < -0.39 is 0 Å². The van der Waals surface area contributed by atoms with Crippen molar-refractivity contribution in [3.63, 3.8) is 0 Å². The number of hydrogen-bond acceptors (Lipinski definition) is 4. The molecule has 0 saturated carbocycles. The molecule has 0 aromatic carbocycles. The third-order valence-corrected chi connectivity index (χ3v) is 3.44. The lowest BCUT2D eigenvalue weighted by atomic mass is 10.2. The Bertz CT molecular complexity index is 334. The first kappa shape index (κ1) is 13.3. The van der Waals surface area contributed by atoms with Crippen LogP contribution in [-0.2, 0) is 0 Å². The molecule has 1 saturated heterocycles. The summed E-state index contributed by atoms with van der Waals surface area (Å²) in [5.41, 5.74) is 0. The lowest BCUT2D eigenvalue weighted by molar-refractivity contribution is 0.169. The molecule has 2 rings (SSSR count). The van der Waals surface area contributed by atoms with E-state index in [4.69, 9.17) is 0 Å². The zero-order valence-corrected chi connectivity index (χ0v) is 11.1. The van der Waals surface area contributed by atoms with Gasteiger partial charge >= 0.3 is 0 Å². The highest BCUT2D eigenvalue weighted by atomic mass is 16.3. The second-order valence-electron chi connectivity index (χ2n) is 5.01. The molecule has 4 nitrogen and oxygen atoms in total. The maximum absolute atomic E-state index is 9.24. The number of aliphatic hydroxyl groups excluding tert-OH is 1. The number of hydrogen-bond donors (Lipinski definition) is 1. The van der Waals surface area contributed by atoms with Gasteiger partial charge in [-0.3, -0.25) is 4.90 Å². The van der Waals surface area contributed by atoms with Gasteiger partial charge in [0.05, 0.1) is 6.10 Å². The molecule has 0 radical (unpaired) electrons. The lowest BCUT2D eigenvalue weighted by Crippen LogP contribution is -2.47. The molecule has 18 heavy (non-hydrogen) atoms. The summed E-state index contributed by atoms with van der Waals surface area (Å²) in [6.45, 7) is 7.24. The molecule has 0 aliphatic carbocycles. The first-order valence-corrected chi connectivity index (χ1v) is 6.82. The van der Waals surface area contributed by atoms with Crippen LogP contribution in [0.15, 0.2) is 24.4 Å². The predicted molar refractivity (Wildman–Crippen MR) is 73.8 cm³/mol. The van der Waals surface area contributed by atoms with Gasteiger partial charge in [0.1, 0.15) is 5.82 Å². The lowest BCUT2D eigenvalue weighted by Gasteiger charge is -2.35. The van der Waals surface area contributed by atoms with E-state index >= 15 is 0 Å². The van der Waals surface area contributed by atoms with Gasteiger partial charge in [-0.25, -0.2) is 4.98 Å². The van der Waals surface area contributed by atoms with Crippen LogP contribution in [0, 0.1) is 0 Å². The monoisotopic (exact) mass is 249 g/mol. The van der Waals surface area contributed by atoms with E-state index in [1.54, 1.807) is 0 Å². The van der Waals surface area contributed by atoms with Crippen LogP contribution in [0.1, 0.15) is 19.8 Å². The van der Waals surface area contributed by atoms with Crippen LogP contribution in [-0.4, -0.2) is 53.8 Å². The fraction of sp³-hybridized carbons (Fsp3) is 0.643. The second-order valence-corrected chi connectivity index (χ2v) is 5.01. The number of aromatic nitrogens is 1. The molecule has 1 aliphatic heterocycles. The third kappa shape index (κ3) is 3.96. The summed E-state index contributed by atoms with van der Waals surface area (Å²) in [6, 6.07) is 6.07. The predicted octanol–water partition coefficient (Wildman–Crippen LogP) is 1.36. The molecule has 1 aliphatic rings. The van der Waals surface area contributed by atoms with Crippen molar-refractivity contribution in [1.29, 1.82) is 0 Å². The fourth-order valence-electron chi connectivity index (χ4n) is 2.35. The molecule has 2 heterocycles. The molecular weight excluding hydrogens is 226 g/mol. The van der Waals surface area contributed by atoms with Crippen LogP contribution in [0.4, 0.5) is 5.82 Å². The summed E-state index contributed by atoms with van der Waals surface area (Å²) in [5, 5.41) is 9.24. The highest BCUT2D eigenvalue weighted by Crippen LogP contribution is 2.12. The van der Waals surface area contributed by atoms with Crippen molar-refractivity contribution in [1.82, 2.24) is 9.88 Å². The minimum Gasteiger partial charge on any atom is -0.393 e. The summed E-state index contributed by atoms with van der Waals surface area (Å²) in [6.07, 6.45) is 3.67. The summed E-state index contributed by atoms with van der Waals surface area (Å²) in [5.74, 6) is 1.08. The van der Waals surface area contributed by atoms with Crippen LogP contribution in [0.2, 0.25) is 0 Å². The molecule has 1 atom stereocenters. The molecular formula is C14H23N3O. The average Bonchev–Trinajstić information content (AvgIpc) is 2.40. The van der Waals surface area contributed by atoms with E-state index in [1.165, 1.54) is 0 Å². The van der Waals surface area contributed by atoms with E-state index in [2.05, 4.69) is 20.9 Å². The normalized spacial score (nSPS) is 18.9. The zero-order valence-electron chi connectivity index (χ0n) is 11.1. The van der Waals surface area contributed by atoms with Gasteiger partial charge in [-0.2, -0.15) is 0 Å². The van der Waals surface area contributed by atoms with Gasteiger partial charge in [0.15, 0.2) is 0 Å². The van der Waals surface area contributed by atoms with Crippen LogP contribution < -0.4 is 4.90 Å². The first-order chi connectivity index (χ1) is 8.75. The highest BCUT2D eigenvalue weighted by molar-refractivity contribution is 5.38. The van der Waals surface area contributed by atoms with Crippen LogP contribution in [0.25, 0.3) is 0 Å². The van der Waals surface area contributed by atoms with Gasteiger partial charge in [0.25, 0.3) is 0 Å². The second kappa shape index (κ2) is 6.71. The Kier molecular flexibility index (Phi) is 4.96. The van der Waals surface area contributed by atoms with Gasteiger partial charge in [0.2, 0.25) is 0 Å². The largest absolute Gasteiger partial charge is 0.393 e. The highest BCUT2D eigenvalue weighted by Gasteiger charge is 2.17. The molecule has 1 N–H and O–H groups in total. The van der Waals surface area contributed by atoms with Crippen molar-refractivity contribution >= 4 is 5.82 Å². The van der Waals surface area contributed by atoms with Crippen molar-refractivity contribution in [2.45, 2.75) is 25.9 Å². The van der Waals surface area contributed by atoms with Crippen LogP contribution >= 0.6 is 0 Å². The Morgan fingerprint density at radius 2 is 2.06 bits per heavy atom. The van der Waals surface area contributed by atoms with Crippen molar-refractivity contribution in [3.05, 3.63) is 24.4 Å².